The number of carbonyl (C=O) groups excluding carboxylic acids is 2. The molecule has 0 radical (unpaired) electrons. The molecular weight excluding hydrogens is 256 g/mol. The van der Waals surface area contributed by atoms with Crippen molar-refractivity contribution in [1.29, 1.82) is 0 Å². The number of nitrogens with two attached hydrogens (primary N) is 1. The van der Waals surface area contributed by atoms with Crippen LogP contribution in [0.3, 0.4) is 0 Å². The highest BCUT2D eigenvalue weighted by Crippen LogP contribution is 2.22. The van der Waals surface area contributed by atoms with Crippen LogP contribution in [-0.2, 0) is 4.79 Å². The summed E-state index contributed by atoms with van der Waals surface area (Å²) in [4.78, 5) is 25.5. The Bertz CT molecular complexity index is 367. The first-order valence-electron chi connectivity index (χ1n) is 3.71. The summed E-state index contributed by atoms with van der Waals surface area (Å²) < 4.78 is 4.72. The monoisotopic (exact) mass is 264 g/mol. The molecule has 3 amide bonds. The Morgan fingerprint density at radius 3 is 2.87 bits per heavy atom. The normalized spacial score (nSPS) is 9.93. The Balaban J connectivity index is 2.36. The third kappa shape index (κ3) is 4.49. The fraction of sp³-hybridized carbons (Fsp3) is 0.333. The van der Waals surface area contributed by atoms with Gasteiger partial charge in [0.25, 0.3) is 0 Å². The summed E-state index contributed by atoms with van der Waals surface area (Å²) in [5.41, 5.74) is 4.78. The van der Waals surface area contributed by atoms with E-state index in [1.54, 1.807) is 0 Å². The van der Waals surface area contributed by atoms with E-state index in [4.69, 9.17) is 5.73 Å². The number of urea groups is 1. The van der Waals surface area contributed by atoms with E-state index in [-0.39, 0.29) is 5.75 Å². The summed E-state index contributed by atoms with van der Waals surface area (Å²) >= 11 is 3.87. The number of hydrogen-bond donors (Lipinski definition) is 2. The van der Waals surface area contributed by atoms with Crippen molar-refractivity contribution in [2.75, 3.05) is 12.0 Å². The van der Waals surface area contributed by atoms with E-state index in [9.17, 15) is 9.59 Å². The highest BCUT2D eigenvalue weighted by molar-refractivity contribution is 8.01. The highest BCUT2D eigenvalue weighted by Gasteiger charge is 2.08. The van der Waals surface area contributed by atoms with Gasteiger partial charge in [-0.1, -0.05) is 23.5 Å². The van der Waals surface area contributed by atoms with Crippen LogP contribution in [0.2, 0.25) is 0 Å². The van der Waals surface area contributed by atoms with Gasteiger partial charge in [-0.3, -0.25) is 10.1 Å². The molecule has 0 aliphatic carbocycles. The van der Waals surface area contributed by atoms with Crippen LogP contribution in [0.4, 0.5) is 4.79 Å². The molecule has 0 aromatic carbocycles. The topological polar surface area (TPSA) is 98.0 Å². The highest BCUT2D eigenvalue weighted by atomic mass is 32.2. The summed E-state index contributed by atoms with van der Waals surface area (Å²) in [5.74, 6) is -0.334. The predicted molar refractivity (Wildman–Crippen MR) is 60.1 cm³/mol. The number of imide groups is 1. The number of rotatable bonds is 4. The summed E-state index contributed by atoms with van der Waals surface area (Å²) in [6, 6.07) is -0.845. The minimum absolute atomic E-state index is 0.103. The van der Waals surface area contributed by atoms with E-state index in [1.165, 1.54) is 35.1 Å². The van der Waals surface area contributed by atoms with E-state index in [1.807, 2.05) is 11.6 Å². The number of aromatic nitrogens is 2. The van der Waals surface area contributed by atoms with E-state index in [2.05, 4.69) is 9.36 Å². The fourth-order valence-electron chi connectivity index (χ4n) is 0.639. The minimum Gasteiger partial charge on any atom is -0.351 e. The van der Waals surface area contributed by atoms with Crippen LogP contribution in [0.1, 0.15) is 0 Å². The Hall–Kier alpha value is -0.800. The van der Waals surface area contributed by atoms with Crippen LogP contribution in [0.25, 0.3) is 0 Å². The van der Waals surface area contributed by atoms with Crippen LogP contribution in [0, 0.1) is 0 Å². The van der Waals surface area contributed by atoms with E-state index < -0.39 is 11.9 Å². The van der Waals surface area contributed by atoms with E-state index in [0.29, 0.717) is 9.50 Å². The average Bonchev–Trinajstić information content (AvgIpc) is 2.61. The van der Waals surface area contributed by atoms with Gasteiger partial charge in [-0.15, -0.1) is 0 Å². The molecule has 0 unspecified atom stereocenters. The van der Waals surface area contributed by atoms with Crippen LogP contribution >= 0.6 is 35.1 Å². The number of hydrogen-bond acceptors (Lipinski definition) is 7. The van der Waals surface area contributed by atoms with Gasteiger partial charge >= 0.3 is 6.03 Å². The Labute approximate surface area is 98.6 Å². The number of amides is 3. The average molecular weight is 264 g/mol. The van der Waals surface area contributed by atoms with Crippen LogP contribution in [0.15, 0.2) is 9.50 Å². The zero-order chi connectivity index (χ0) is 11.3. The van der Waals surface area contributed by atoms with Crippen molar-refractivity contribution in [1.82, 2.24) is 14.7 Å². The molecule has 0 saturated carbocycles. The van der Waals surface area contributed by atoms with Gasteiger partial charge in [-0.25, -0.2) is 9.78 Å². The number of nitrogens with one attached hydrogen (secondary N) is 1. The Kier molecular flexibility index (Phi) is 4.85. The molecule has 0 fully saturated rings. The maximum atomic E-state index is 11.0. The molecule has 1 aromatic rings. The van der Waals surface area contributed by atoms with Gasteiger partial charge in [0.15, 0.2) is 4.34 Å². The zero-order valence-electron chi connectivity index (χ0n) is 7.72. The second kappa shape index (κ2) is 5.93. The van der Waals surface area contributed by atoms with Gasteiger partial charge in [0, 0.05) is 0 Å². The molecule has 15 heavy (non-hydrogen) atoms. The third-order valence-corrected chi connectivity index (χ3v) is 3.66. The van der Waals surface area contributed by atoms with Crippen LogP contribution in [0.5, 0.6) is 0 Å². The number of primary amides is 1. The molecule has 0 aliphatic rings. The summed E-state index contributed by atoms with van der Waals surface area (Å²) in [7, 11) is 0. The Morgan fingerprint density at radius 1 is 1.60 bits per heavy atom. The molecule has 1 heterocycles. The van der Waals surface area contributed by atoms with Crippen molar-refractivity contribution < 1.29 is 9.59 Å². The van der Waals surface area contributed by atoms with Gasteiger partial charge < -0.3 is 5.73 Å². The number of carbonyl (C=O) groups is 2. The molecule has 0 aliphatic heterocycles. The lowest BCUT2D eigenvalue weighted by Crippen LogP contribution is -2.36. The number of nitrogens with zero attached hydrogens (tertiary/aromatic N) is 2. The van der Waals surface area contributed by atoms with Crippen molar-refractivity contribution in [2.45, 2.75) is 9.50 Å². The molecule has 3 N–H and O–H groups in total. The summed E-state index contributed by atoms with van der Waals surface area (Å²) in [5, 5.41) is 2.64. The summed E-state index contributed by atoms with van der Waals surface area (Å²) in [6.07, 6.45) is 1.87. The lowest BCUT2D eigenvalue weighted by Gasteiger charge is -1.97. The van der Waals surface area contributed by atoms with Crippen molar-refractivity contribution >= 4 is 47.0 Å². The molecule has 0 saturated heterocycles. The second-order valence-electron chi connectivity index (χ2n) is 2.25. The van der Waals surface area contributed by atoms with E-state index >= 15 is 0 Å². The first kappa shape index (κ1) is 12.3. The molecular formula is C6H8N4O2S3. The van der Waals surface area contributed by atoms with Crippen LogP contribution in [-0.4, -0.2) is 33.3 Å². The molecule has 82 valence electrons. The Morgan fingerprint density at radius 2 is 2.33 bits per heavy atom. The zero-order valence-corrected chi connectivity index (χ0v) is 10.2. The predicted octanol–water partition coefficient (Wildman–Crippen LogP) is 0.547. The molecule has 1 aromatic heterocycles. The smallest absolute Gasteiger partial charge is 0.318 e. The lowest BCUT2D eigenvalue weighted by molar-refractivity contribution is -0.117. The second-order valence-corrected chi connectivity index (χ2v) is 5.00. The molecule has 9 heteroatoms. The first-order chi connectivity index (χ1) is 7.11. The third-order valence-electron chi connectivity index (χ3n) is 1.16. The van der Waals surface area contributed by atoms with Gasteiger partial charge in [0.2, 0.25) is 11.1 Å². The lowest BCUT2D eigenvalue weighted by atomic mass is 10.7. The quantitative estimate of drug-likeness (QED) is 0.771. The van der Waals surface area contributed by atoms with E-state index in [0.717, 1.165) is 0 Å². The van der Waals surface area contributed by atoms with Gasteiger partial charge in [-0.2, -0.15) is 4.37 Å². The standard InChI is InChI=1S/C6H8N4O2S3/c1-13-5-9-6(15-10-5)14-2-3(11)8-4(7)12/h2H2,1H3,(H3,7,8,11,12). The molecule has 6 nitrogen and oxygen atoms in total. The maximum Gasteiger partial charge on any atom is 0.318 e. The maximum absolute atomic E-state index is 11.0. The molecule has 0 atom stereocenters. The van der Waals surface area contributed by atoms with Gasteiger partial charge in [0.1, 0.15) is 0 Å². The first-order valence-corrected chi connectivity index (χ1v) is 6.70. The van der Waals surface area contributed by atoms with Crippen LogP contribution < -0.4 is 11.1 Å². The van der Waals surface area contributed by atoms with Crippen molar-refractivity contribution in [3.05, 3.63) is 0 Å². The minimum atomic E-state index is -0.845. The SMILES string of the molecule is CSc1nsc(SCC(=O)NC(N)=O)n1. The number of thioether (sulfide) groups is 2. The molecule has 0 spiro atoms. The molecule has 1 rings (SSSR count). The van der Waals surface area contributed by atoms with Crippen molar-refractivity contribution in [3.8, 4) is 0 Å². The van der Waals surface area contributed by atoms with Gasteiger partial charge in [0.05, 0.1) is 5.75 Å². The largest absolute Gasteiger partial charge is 0.351 e. The summed E-state index contributed by atoms with van der Waals surface area (Å²) in [6.45, 7) is 0. The van der Waals surface area contributed by atoms with Crippen molar-refractivity contribution in [3.63, 3.8) is 0 Å². The molecule has 0 bridgehead atoms. The fourth-order valence-corrected chi connectivity index (χ4v) is 2.65. The van der Waals surface area contributed by atoms with Crippen molar-refractivity contribution in [2.24, 2.45) is 5.73 Å². The van der Waals surface area contributed by atoms with Gasteiger partial charge in [-0.05, 0) is 17.8 Å².